The maximum Gasteiger partial charge on any atom is 0.000985 e. The fraction of sp³-hybridized carbons (Fsp3) is 1.00. The van der Waals surface area contributed by atoms with Crippen LogP contribution in [0.5, 0.6) is 0 Å². The highest BCUT2D eigenvalue weighted by Gasteiger charge is 2.39. The second-order valence-electron chi connectivity index (χ2n) is 22.5. The molecule has 0 amide bonds. The van der Waals surface area contributed by atoms with Gasteiger partial charge in [0.1, 0.15) is 0 Å². The summed E-state index contributed by atoms with van der Waals surface area (Å²) in [5.41, 5.74) is 0. The van der Waals surface area contributed by atoms with Gasteiger partial charge >= 0.3 is 0 Å². The standard InChI is InChI=1S/C53H112N10/c1-13-54(3)27-15-21-33-58(7)42-48-39-50(48)44-60(9)35-23-17-29-56(5)31-19-25-37-62(11)46-52-41-53(52)47-63(12)38-26-20-32-57(6)30-18-24-36-61(10)45-51-40-49(51)43-59(8)34-22-16-28-55(4)14-2/h48-53H,13-47H2,1-12H3. The highest BCUT2D eigenvalue weighted by molar-refractivity contribution is 4.91. The topological polar surface area (TPSA) is 32.4 Å². The summed E-state index contributed by atoms with van der Waals surface area (Å²) in [5, 5.41) is 0. The van der Waals surface area contributed by atoms with Gasteiger partial charge in [-0.1, -0.05) is 13.8 Å². The molecular weight excluding hydrogens is 777 g/mol. The summed E-state index contributed by atoms with van der Waals surface area (Å²) < 4.78 is 0. The van der Waals surface area contributed by atoms with Crippen LogP contribution in [0.2, 0.25) is 0 Å². The molecule has 0 bridgehead atoms. The van der Waals surface area contributed by atoms with Crippen LogP contribution in [0.1, 0.15) is 110 Å². The summed E-state index contributed by atoms with van der Waals surface area (Å²) in [6.07, 6.45) is 20.3. The third kappa shape index (κ3) is 28.5. The van der Waals surface area contributed by atoms with Gasteiger partial charge < -0.3 is 49.0 Å². The Balaban J connectivity index is 1.05. The summed E-state index contributed by atoms with van der Waals surface area (Å²) in [6, 6.07) is 0. The van der Waals surface area contributed by atoms with Gasteiger partial charge in [-0.05, 0) is 294 Å². The van der Waals surface area contributed by atoms with Crippen molar-refractivity contribution < 1.29 is 0 Å². The lowest BCUT2D eigenvalue weighted by molar-refractivity contribution is 0.256. The molecule has 10 heteroatoms. The van der Waals surface area contributed by atoms with Crippen molar-refractivity contribution in [3.05, 3.63) is 0 Å². The average Bonchev–Trinajstić information content (AvgIpc) is 4.21. The van der Waals surface area contributed by atoms with Crippen LogP contribution in [0, 0.1) is 35.5 Å². The van der Waals surface area contributed by atoms with E-state index < -0.39 is 0 Å². The fourth-order valence-electron chi connectivity index (χ4n) is 10.3. The maximum atomic E-state index is 2.63. The quantitative estimate of drug-likeness (QED) is 0.0602. The molecule has 6 atom stereocenters. The number of hydrogen-bond donors (Lipinski definition) is 0. The fourth-order valence-corrected chi connectivity index (χ4v) is 10.3. The molecule has 0 radical (unpaired) electrons. The minimum atomic E-state index is 0.925. The number of unbranched alkanes of at least 4 members (excludes halogenated alkanes) is 6. The Bertz CT molecular complexity index is 1020. The Kier molecular flexibility index (Phi) is 30.0. The van der Waals surface area contributed by atoms with Gasteiger partial charge in [0.05, 0.1) is 0 Å². The average molecular weight is 890 g/mol. The minimum Gasteiger partial charge on any atom is -0.307 e. The van der Waals surface area contributed by atoms with E-state index in [-0.39, 0.29) is 0 Å². The van der Waals surface area contributed by atoms with E-state index in [9.17, 15) is 0 Å². The van der Waals surface area contributed by atoms with E-state index in [0.717, 1.165) is 35.5 Å². The molecule has 3 saturated carbocycles. The van der Waals surface area contributed by atoms with E-state index in [1.54, 1.807) is 0 Å². The highest BCUT2D eigenvalue weighted by atomic mass is 15.2. The molecule has 0 aromatic carbocycles. The maximum absolute atomic E-state index is 2.63. The van der Waals surface area contributed by atoms with Crippen molar-refractivity contribution in [1.29, 1.82) is 0 Å². The number of rotatable bonds is 44. The van der Waals surface area contributed by atoms with E-state index in [4.69, 9.17) is 0 Å². The first kappa shape index (κ1) is 56.9. The zero-order valence-corrected chi connectivity index (χ0v) is 44.7. The van der Waals surface area contributed by atoms with Crippen LogP contribution < -0.4 is 0 Å². The van der Waals surface area contributed by atoms with Crippen molar-refractivity contribution in [3.8, 4) is 0 Å². The normalized spacial score (nSPS) is 22.4. The van der Waals surface area contributed by atoms with Crippen molar-refractivity contribution in [3.63, 3.8) is 0 Å². The van der Waals surface area contributed by atoms with Crippen LogP contribution in [0.3, 0.4) is 0 Å². The predicted molar refractivity (Wildman–Crippen MR) is 277 cm³/mol. The summed E-state index contributed by atoms with van der Waals surface area (Å²) >= 11 is 0. The lowest BCUT2D eigenvalue weighted by atomic mass is 10.2. The molecule has 6 unspecified atom stereocenters. The van der Waals surface area contributed by atoms with Crippen LogP contribution in [-0.2, 0) is 0 Å². The Morgan fingerprint density at radius 3 is 0.524 bits per heavy atom. The van der Waals surface area contributed by atoms with Crippen LogP contribution in [0.25, 0.3) is 0 Å². The molecule has 10 nitrogen and oxygen atoms in total. The molecule has 0 heterocycles. The largest absolute Gasteiger partial charge is 0.307 e. The van der Waals surface area contributed by atoms with Gasteiger partial charge in [-0.3, -0.25) is 0 Å². The number of nitrogens with zero attached hydrogens (tertiary/aromatic N) is 10. The zero-order valence-electron chi connectivity index (χ0n) is 44.7. The lowest BCUT2D eigenvalue weighted by Gasteiger charge is -2.21. The van der Waals surface area contributed by atoms with Gasteiger partial charge in [-0.2, -0.15) is 0 Å². The molecule has 3 fully saturated rings. The van der Waals surface area contributed by atoms with Crippen molar-refractivity contribution in [2.24, 2.45) is 35.5 Å². The molecule has 0 spiro atoms. The zero-order chi connectivity index (χ0) is 46.0. The molecule has 3 aliphatic rings. The van der Waals surface area contributed by atoms with E-state index >= 15 is 0 Å². The molecule has 374 valence electrons. The Hall–Kier alpha value is -0.400. The summed E-state index contributed by atoms with van der Waals surface area (Å²) in [6.45, 7) is 29.7. The van der Waals surface area contributed by atoms with E-state index in [1.165, 1.54) is 227 Å². The van der Waals surface area contributed by atoms with Crippen molar-refractivity contribution >= 4 is 0 Å². The highest BCUT2D eigenvalue weighted by Crippen LogP contribution is 2.41. The van der Waals surface area contributed by atoms with Crippen molar-refractivity contribution in [2.45, 2.75) is 110 Å². The monoisotopic (exact) mass is 889 g/mol. The van der Waals surface area contributed by atoms with Crippen molar-refractivity contribution in [1.82, 2.24) is 49.0 Å². The first-order chi connectivity index (χ1) is 30.3. The first-order valence-electron chi connectivity index (χ1n) is 27.1. The molecule has 0 aromatic rings. The molecule has 3 rings (SSSR count). The van der Waals surface area contributed by atoms with Gasteiger partial charge in [0.2, 0.25) is 0 Å². The van der Waals surface area contributed by atoms with Gasteiger partial charge in [-0.25, -0.2) is 0 Å². The van der Waals surface area contributed by atoms with Gasteiger partial charge in [-0.15, -0.1) is 0 Å². The van der Waals surface area contributed by atoms with E-state index in [0.29, 0.717) is 0 Å². The van der Waals surface area contributed by atoms with Crippen LogP contribution in [0.4, 0.5) is 0 Å². The minimum absolute atomic E-state index is 0.925. The number of hydrogen-bond acceptors (Lipinski definition) is 10. The van der Waals surface area contributed by atoms with Crippen LogP contribution in [0.15, 0.2) is 0 Å². The van der Waals surface area contributed by atoms with Gasteiger partial charge in [0, 0.05) is 39.3 Å². The Morgan fingerprint density at radius 2 is 0.365 bits per heavy atom. The van der Waals surface area contributed by atoms with Crippen LogP contribution in [-0.4, -0.2) is 250 Å². The third-order valence-electron chi connectivity index (χ3n) is 15.5. The SMILES string of the molecule is CCN(C)CCCCN(C)CC1CC1CN(C)CCCCN(C)CCCCN(C)CC1CC1CN(C)CCCCN(C)CCCCN(C)CC1CC1CN(C)CCCCN(C)CC. The van der Waals surface area contributed by atoms with E-state index in [2.05, 4.69) is 133 Å². The smallest absolute Gasteiger partial charge is 0.000985 e. The Morgan fingerprint density at radius 1 is 0.222 bits per heavy atom. The Labute approximate surface area is 394 Å². The second-order valence-corrected chi connectivity index (χ2v) is 22.5. The summed E-state index contributed by atoms with van der Waals surface area (Å²) in [4.78, 5) is 25.7. The van der Waals surface area contributed by atoms with Crippen LogP contribution >= 0.6 is 0 Å². The predicted octanol–water partition coefficient (Wildman–Crippen LogP) is 6.93. The summed E-state index contributed by atoms with van der Waals surface area (Å²) in [5.74, 6) is 5.59. The second kappa shape index (κ2) is 33.2. The van der Waals surface area contributed by atoms with Gasteiger partial charge in [0.15, 0.2) is 0 Å². The molecule has 0 saturated heterocycles. The first-order valence-corrected chi connectivity index (χ1v) is 27.1. The molecule has 0 aromatic heterocycles. The molecule has 63 heavy (non-hydrogen) atoms. The van der Waals surface area contributed by atoms with Crippen molar-refractivity contribution in [2.75, 3.05) is 201 Å². The lowest BCUT2D eigenvalue weighted by Crippen LogP contribution is -2.28. The third-order valence-corrected chi connectivity index (χ3v) is 15.5. The molecule has 3 aliphatic carbocycles. The molecular formula is C53H112N10. The molecule has 0 N–H and O–H groups in total. The molecule has 0 aliphatic heterocycles. The van der Waals surface area contributed by atoms with Gasteiger partial charge in [0.25, 0.3) is 0 Å². The van der Waals surface area contributed by atoms with E-state index in [1.807, 2.05) is 0 Å². The summed E-state index contributed by atoms with van der Waals surface area (Å²) in [7, 11) is 23.3.